The topological polar surface area (TPSA) is 35.5 Å². The fraction of sp³-hybridized carbons (Fsp3) is 0.346. The van der Waals surface area contributed by atoms with E-state index >= 15 is 0 Å². The molecule has 2 aromatic rings. The molecule has 0 spiro atoms. The van der Waals surface area contributed by atoms with Crippen molar-refractivity contribution in [2.45, 2.75) is 45.4 Å². The number of aryl methyl sites for hydroxylation is 1. The Morgan fingerprint density at radius 3 is 2.55 bits per heavy atom. The molecule has 0 saturated carbocycles. The predicted octanol–water partition coefficient (Wildman–Crippen LogP) is 6.23. The molecule has 1 aliphatic carbocycles. The van der Waals surface area contributed by atoms with Crippen LogP contribution in [0.2, 0.25) is 0 Å². The Hall–Kier alpha value is -2.81. The Bertz CT molecular complexity index is 865. The molecule has 0 aromatic heterocycles. The normalized spacial score (nSPS) is 13.1. The molecule has 3 nitrogen and oxygen atoms in total. The smallest absolute Gasteiger partial charge is 0.333 e. The third-order valence-corrected chi connectivity index (χ3v) is 5.14. The van der Waals surface area contributed by atoms with Crippen LogP contribution in [0.15, 0.2) is 60.7 Å². The number of hydrogen-bond acceptors (Lipinski definition) is 3. The number of esters is 1. The number of benzene rings is 2. The molecular formula is C26H30O3. The molecule has 0 heterocycles. The SMILES string of the molecule is C=C(C)C(=O)OCCCCCOc1cccc2c1C=C(c1ccccc1)CCC2. The van der Waals surface area contributed by atoms with Crippen LogP contribution in [0, 0.1) is 0 Å². The second-order valence-electron chi connectivity index (χ2n) is 7.54. The van der Waals surface area contributed by atoms with Crippen LogP contribution in [0.25, 0.3) is 11.6 Å². The molecule has 0 aliphatic heterocycles. The van der Waals surface area contributed by atoms with Crippen LogP contribution in [0.3, 0.4) is 0 Å². The first-order valence-electron chi connectivity index (χ1n) is 10.5. The van der Waals surface area contributed by atoms with E-state index in [1.807, 2.05) is 0 Å². The van der Waals surface area contributed by atoms with Gasteiger partial charge in [-0.3, -0.25) is 0 Å². The summed E-state index contributed by atoms with van der Waals surface area (Å²) in [6, 6.07) is 17.0. The van der Waals surface area contributed by atoms with Crippen molar-refractivity contribution >= 4 is 17.6 Å². The first-order valence-corrected chi connectivity index (χ1v) is 10.5. The second-order valence-corrected chi connectivity index (χ2v) is 7.54. The minimum absolute atomic E-state index is 0.311. The molecule has 0 atom stereocenters. The van der Waals surface area contributed by atoms with Gasteiger partial charge in [0.1, 0.15) is 5.75 Å². The number of fused-ring (bicyclic) bond motifs is 1. The molecule has 0 amide bonds. The average molecular weight is 391 g/mol. The van der Waals surface area contributed by atoms with E-state index in [0.29, 0.717) is 18.8 Å². The fourth-order valence-electron chi connectivity index (χ4n) is 3.54. The summed E-state index contributed by atoms with van der Waals surface area (Å²) in [6.07, 6.45) is 8.36. The lowest BCUT2D eigenvalue weighted by molar-refractivity contribution is -0.139. The number of rotatable bonds is 9. The minimum atomic E-state index is -0.311. The van der Waals surface area contributed by atoms with E-state index in [0.717, 1.165) is 44.3 Å². The number of carbonyl (C=O) groups is 1. The van der Waals surface area contributed by atoms with Gasteiger partial charge in [-0.25, -0.2) is 4.79 Å². The van der Waals surface area contributed by atoms with Gasteiger partial charge in [0.15, 0.2) is 0 Å². The first-order chi connectivity index (χ1) is 14.1. The van der Waals surface area contributed by atoms with Crippen LogP contribution >= 0.6 is 0 Å². The van der Waals surface area contributed by atoms with E-state index < -0.39 is 0 Å². The molecule has 1 aliphatic rings. The minimum Gasteiger partial charge on any atom is -0.493 e. The van der Waals surface area contributed by atoms with Crippen molar-refractivity contribution in [1.29, 1.82) is 0 Å². The zero-order chi connectivity index (χ0) is 20.5. The van der Waals surface area contributed by atoms with E-state index in [1.54, 1.807) is 6.92 Å². The lowest BCUT2D eigenvalue weighted by Crippen LogP contribution is -2.06. The Morgan fingerprint density at radius 2 is 1.76 bits per heavy atom. The molecule has 29 heavy (non-hydrogen) atoms. The van der Waals surface area contributed by atoms with Crippen LogP contribution in [-0.4, -0.2) is 19.2 Å². The summed E-state index contributed by atoms with van der Waals surface area (Å²) in [5.74, 6) is 0.653. The molecule has 0 radical (unpaired) electrons. The van der Waals surface area contributed by atoms with Crippen molar-refractivity contribution in [2.24, 2.45) is 0 Å². The van der Waals surface area contributed by atoms with Gasteiger partial charge in [0.2, 0.25) is 0 Å². The molecule has 0 bridgehead atoms. The van der Waals surface area contributed by atoms with E-state index in [2.05, 4.69) is 61.2 Å². The third-order valence-electron chi connectivity index (χ3n) is 5.14. The quantitative estimate of drug-likeness (QED) is 0.289. The Kier molecular flexibility index (Phi) is 7.69. The van der Waals surface area contributed by atoms with Gasteiger partial charge < -0.3 is 9.47 Å². The Labute approximate surface area is 174 Å². The Morgan fingerprint density at radius 1 is 0.966 bits per heavy atom. The standard InChI is InChI=1S/C26H30O3/c1-20(2)26(27)29-18-8-4-7-17-28-25-16-10-14-22-13-9-15-23(19-24(22)25)21-11-5-3-6-12-21/h3,5-6,10-12,14,16,19H,1,4,7-9,13,15,17-18H2,2H3. The lowest BCUT2D eigenvalue weighted by Gasteiger charge is -2.13. The fourth-order valence-corrected chi connectivity index (χ4v) is 3.54. The zero-order valence-electron chi connectivity index (χ0n) is 17.3. The number of hydrogen-bond donors (Lipinski definition) is 0. The van der Waals surface area contributed by atoms with Crippen LogP contribution in [0.4, 0.5) is 0 Å². The van der Waals surface area contributed by atoms with Crippen molar-refractivity contribution in [3.8, 4) is 5.75 Å². The van der Waals surface area contributed by atoms with Gasteiger partial charge in [-0.15, -0.1) is 0 Å². The van der Waals surface area contributed by atoms with Gasteiger partial charge >= 0.3 is 5.97 Å². The van der Waals surface area contributed by atoms with E-state index in [4.69, 9.17) is 9.47 Å². The molecule has 0 unspecified atom stereocenters. The Balaban J connectivity index is 1.56. The van der Waals surface area contributed by atoms with Crippen LogP contribution < -0.4 is 4.74 Å². The van der Waals surface area contributed by atoms with Crippen molar-refractivity contribution < 1.29 is 14.3 Å². The molecular weight excluding hydrogens is 360 g/mol. The van der Waals surface area contributed by atoms with Crippen LogP contribution in [0.1, 0.15) is 55.7 Å². The summed E-state index contributed by atoms with van der Waals surface area (Å²) in [5, 5.41) is 0. The average Bonchev–Trinajstić information content (AvgIpc) is 2.96. The number of unbranched alkanes of at least 4 members (excludes halogenated alkanes) is 2. The van der Waals surface area contributed by atoms with E-state index in [-0.39, 0.29) is 5.97 Å². The van der Waals surface area contributed by atoms with Crippen molar-refractivity contribution in [2.75, 3.05) is 13.2 Å². The van der Waals surface area contributed by atoms with Crippen LogP contribution in [0.5, 0.6) is 5.75 Å². The number of carbonyl (C=O) groups excluding carboxylic acids is 1. The molecule has 3 heteroatoms. The highest BCUT2D eigenvalue weighted by Gasteiger charge is 2.14. The third kappa shape index (κ3) is 6.08. The predicted molar refractivity (Wildman–Crippen MR) is 119 cm³/mol. The highest BCUT2D eigenvalue weighted by molar-refractivity contribution is 5.87. The number of allylic oxidation sites excluding steroid dienone is 1. The second kappa shape index (κ2) is 10.7. The van der Waals surface area contributed by atoms with Gasteiger partial charge in [-0.05, 0) is 74.3 Å². The maximum absolute atomic E-state index is 11.4. The van der Waals surface area contributed by atoms with Crippen molar-refractivity contribution in [3.63, 3.8) is 0 Å². The maximum Gasteiger partial charge on any atom is 0.333 e. The van der Waals surface area contributed by atoms with Gasteiger partial charge in [0.05, 0.1) is 13.2 Å². The molecule has 0 N–H and O–H groups in total. The summed E-state index contributed by atoms with van der Waals surface area (Å²) < 4.78 is 11.3. The summed E-state index contributed by atoms with van der Waals surface area (Å²) in [7, 11) is 0. The summed E-state index contributed by atoms with van der Waals surface area (Å²) >= 11 is 0. The zero-order valence-corrected chi connectivity index (χ0v) is 17.3. The molecule has 0 fully saturated rings. The maximum atomic E-state index is 11.4. The van der Waals surface area contributed by atoms with Gasteiger partial charge in [0.25, 0.3) is 0 Å². The number of ether oxygens (including phenoxy) is 2. The van der Waals surface area contributed by atoms with Crippen LogP contribution in [-0.2, 0) is 16.0 Å². The first kappa shape index (κ1) is 20.9. The summed E-state index contributed by atoms with van der Waals surface area (Å²) in [5.41, 5.74) is 5.69. The monoisotopic (exact) mass is 390 g/mol. The van der Waals surface area contributed by atoms with Gasteiger partial charge in [-0.1, -0.05) is 49.0 Å². The lowest BCUT2D eigenvalue weighted by atomic mass is 10.0. The summed E-state index contributed by atoms with van der Waals surface area (Å²) in [4.78, 5) is 11.4. The van der Waals surface area contributed by atoms with Crippen molar-refractivity contribution in [1.82, 2.24) is 0 Å². The molecule has 2 aromatic carbocycles. The summed E-state index contributed by atoms with van der Waals surface area (Å²) in [6.45, 7) is 6.35. The highest BCUT2D eigenvalue weighted by Crippen LogP contribution is 2.34. The molecule has 152 valence electrons. The molecule has 0 saturated heterocycles. The highest BCUT2D eigenvalue weighted by atomic mass is 16.5. The van der Waals surface area contributed by atoms with E-state index in [9.17, 15) is 4.79 Å². The van der Waals surface area contributed by atoms with Gasteiger partial charge in [-0.2, -0.15) is 0 Å². The molecule has 3 rings (SSSR count). The largest absolute Gasteiger partial charge is 0.493 e. The van der Waals surface area contributed by atoms with E-state index in [1.165, 1.54) is 22.3 Å². The van der Waals surface area contributed by atoms with Gasteiger partial charge in [0, 0.05) is 11.1 Å². The van der Waals surface area contributed by atoms with Crippen molar-refractivity contribution in [3.05, 3.63) is 77.4 Å².